The molecule has 0 aliphatic rings. The smallest absolute Gasteiger partial charge is 0.258 e. The monoisotopic (exact) mass is 180 g/mol. The molecule has 1 rings (SSSR count). The molecule has 0 aliphatic carbocycles. The highest BCUT2D eigenvalue weighted by Gasteiger charge is 2.15. The van der Waals surface area contributed by atoms with E-state index in [0.717, 1.165) is 12.1 Å². The van der Waals surface area contributed by atoms with Crippen molar-refractivity contribution < 1.29 is 9.31 Å². The van der Waals surface area contributed by atoms with Gasteiger partial charge in [0.25, 0.3) is 0 Å². The first-order chi connectivity index (χ1) is 6.06. The number of aryl methyl sites for hydroxylation is 1. The van der Waals surface area contributed by atoms with Crippen LogP contribution in [0, 0.1) is 34.2 Å². The van der Waals surface area contributed by atoms with Gasteiger partial charge in [-0.2, -0.15) is 9.65 Å². The number of nitrogens with zero attached hydrogens (tertiary/aromatic N) is 2. The van der Waals surface area contributed by atoms with E-state index in [-0.39, 0.29) is 5.56 Å². The number of hydrogen-bond donors (Lipinski definition) is 0. The second kappa shape index (κ2) is 3.19. The highest BCUT2D eigenvalue weighted by molar-refractivity contribution is 5.45. The Morgan fingerprint density at radius 1 is 1.62 bits per heavy atom. The van der Waals surface area contributed by atoms with Crippen molar-refractivity contribution in [2.75, 3.05) is 0 Å². The summed E-state index contributed by atoms with van der Waals surface area (Å²) in [6.07, 6.45) is 0. The maximum Gasteiger partial charge on any atom is 0.305 e. The quantitative estimate of drug-likeness (QED) is 0.489. The van der Waals surface area contributed by atoms with Gasteiger partial charge in [0.05, 0.1) is 16.6 Å². The van der Waals surface area contributed by atoms with Gasteiger partial charge in [-0.05, 0) is 18.6 Å². The molecule has 0 heterocycles. The van der Waals surface area contributed by atoms with Gasteiger partial charge < -0.3 is 0 Å². The zero-order valence-electron chi connectivity index (χ0n) is 6.74. The van der Waals surface area contributed by atoms with E-state index < -0.39 is 16.4 Å². The molecule has 0 atom stereocenters. The van der Waals surface area contributed by atoms with Gasteiger partial charge in [0, 0.05) is 6.07 Å². The fourth-order valence-corrected chi connectivity index (χ4v) is 0.927. The Kier molecular flexibility index (Phi) is 2.24. The van der Waals surface area contributed by atoms with E-state index in [4.69, 9.17) is 5.26 Å². The fraction of sp³-hybridized carbons (Fsp3) is 0.125. The second-order valence-corrected chi connectivity index (χ2v) is 2.49. The summed E-state index contributed by atoms with van der Waals surface area (Å²) in [4.78, 5) is 9.44. The van der Waals surface area contributed by atoms with Crippen LogP contribution in [-0.4, -0.2) is 4.92 Å². The molecule has 5 heteroatoms. The Balaban J connectivity index is 3.39. The van der Waals surface area contributed by atoms with Crippen LogP contribution in [0.1, 0.15) is 11.1 Å². The minimum atomic E-state index is -0.979. The van der Waals surface area contributed by atoms with Crippen LogP contribution in [0.3, 0.4) is 0 Å². The topological polar surface area (TPSA) is 66.9 Å². The van der Waals surface area contributed by atoms with Crippen LogP contribution < -0.4 is 0 Å². The molecule has 0 spiro atoms. The lowest BCUT2D eigenvalue weighted by molar-refractivity contribution is -0.387. The predicted molar refractivity (Wildman–Crippen MR) is 42.5 cm³/mol. The first kappa shape index (κ1) is 9.13. The van der Waals surface area contributed by atoms with Crippen LogP contribution in [0.5, 0.6) is 0 Å². The third kappa shape index (κ3) is 1.62. The Labute approximate surface area is 73.4 Å². The molecule has 0 amide bonds. The van der Waals surface area contributed by atoms with Crippen LogP contribution >= 0.6 is 0 Å². The Hall–Kier alpha value is -1.96. The lowest BCUT2D eigenvalue weighted by Gasteiger charge is -1.97. The van der Waals surface area contributed by atoms with Crippen molar-refractivity contribution in [3.8, 4) is 6.07 Å². The molecule has 0 unspecified atom stereocenters. The number of nitro benzene ring substituents is 1. The molecule has 4 nitrogen and oxygen atoms in total. The van der Waals surface area contributed by atoms with Crippen LogP contribution in [0.2, 0.25) is 0 Å². The Morgan fingerprint density at radius 3 is 2.69 bits per heavy atom. The molecule has 0 radical (unpaired) electrons. The minimum absolute atomic E-state index is 0.114. The first-order valence-electron chi connectivity index (χ1n) is 3.41. The Bertz CT molecular complexity index is 409. The lowest BCUT2D eigenvalue weighted by Crippen LogP contribution is -1.95. The highest BCUT2D eigenvalue weighted by atomic mass is 19.1. The van der Waals surface area contributed by atoms with Crippen LogP contribution in [0.15, 0.2) is 12.1 Å². The number of nitro groups is 1. The van der Waals surface area contributed by atoms with Gasteiger partial charge in [0.1, 0.15) is 0 Å². The average Bonchev–Trinajstić information content (AvgIpc) is 2.07. The van der Waals surface area contributed by atoms with Gasteiger partial charge in [-0.15, -0.1) is 0 Å². The molecular weight excluding hydrogens is 175 g/mol. The van der Waals surface area contributed by atoms with E-state index in [2.05, 4.69) is 0 Å². The van der Waals surface area contributed by atoms with Gasteiger partial charge in [-0.1, -0.05) is 0 Å². The van der Waals surface area contributed by atoms with Gasteiger partial charge >= 0.3 is 5.69 Å². The highest BCUT2D eigenvalue weighted by Crippen LogP contribution is 2.20. The second-order valence-electron chi connectivity index (χ2n) is 2.49. The number of hydrogen-bond acceptors (Lipinski definition) is 3. The summed E-state index contributed by atoms with van der Waals surface area (Å²) >= 11 is 0. The standard InChI is InChI=1S/C8H5FN2O2/c1-5-2-8(11(12)13)7(9)3-6(5)4-10/h2-3H,1H3. The molecule has 13 heavy (non-hydrogen) atoms. The van der Waals surface area contributed by atoms with Crippen LogP contribution in [0.25, 0.3) is 0 Å². The molecule has 0 saturated carbocycles. The number of benzene rings is 1. The van der Waals surface area contributed by atoms with Gasteiger partial charge in [0.2, 0.25) is 5.82 Å². The van der Waals surface area contributed by atoms with Crippen molar-refractivity contribution >= 4 is 5.69 Å². The number of rotatable bonds is 1. The SMILES string of the molecule is Cc1cc([N+](=O)[O-])c(F)cc1C#N. The third-order valence-electron chi connectivity index (χ3n) is 1.61. The molecule has 0 N–H and O–H groups in total. The van der Waals surface area contributed by atoms with E-state index in [1.165, 1.54) is 6.92 Å². The largest absolute Gasteiger partial charge is 0.305 e. The fourth-order valence-electron chi connectivity index (χ4n) is 0.927. The molecule has 66 valence electrons. The van der Waals surface area contributed by atoms with Crippen molar-refractivity contribution in [3.63, 3.8) is 0 Å². The van der Waals surface area contributed by atoms with E-state index in [0.29, 0.717) is 5.56 Å². The third-order valence-corrected chi connectivity index (χ3v) is 1.61. The normalized spacial score (nSPS) is 9.31. The van der Waals surface area contributed by atoms with Gasteiger partial charge in [-0.25, -0.2) is 0 Å². The van der Waals surface area contributed by atoms with Gasteiger partial charge in [-0.3, -0.25) is 10.1 Å². The molecule has 0 fully saturated rings. The van der Waals surface area contributed by atoms with Crippen molar-refractivity contribution in [3.05, 3.63) is 39.2 Å². The zero-order chi connectivity index (χ0) is 10.0. The maximum atomic E-state index is 12.9. The van der Waals surface area contributed by atoms with E-state index in [1.54, 1.807) is 6.07 Å². The van der Waals surface area contributed by atoms with Crippen molar-refractivity contribution in [1.82, 2.24) is 0 Å². The summed E-state index contributed by atoms with van der Waals surface area (Å²) in [6, 6.07) is 3.66. The predicted octanol–water partition coefficient (Wildman–Crippen LogP) is 1.91. The maximum absolute atomic E-state index is 12.9. The summed E-state index contributed by atoms with van der Waals surface area (Å²) in [6.45, 7) is 1.52. The molecular formula is C8H5FN2O2. The summed E-state index contributed by atoms with van der Waals surface area (Å²) in [5.41, 5.74) is -0.0878. The number of nitriles is 1. The summed E-state index contributed by atoms with van der Waals surface area (Å²) in [5, 5.41) is 18.7. The zero-order valence-corrected chi connectivity index (χ0v) is 6.74. The van der Waals surface area contributed by atoms with Crippen molar-refractivity contribution in [2.24, 2.45) is 0 Å². The lowest BCUT2D eigenvalue weighted by atomic mass is 10.1. The Morgan fingerprint density at radius 2 is 2.23 bits per heavy atom. The summed E-state index contributed by atoms with van der Waals surface area (Å²) < 4.78 is 12.9. The minimum Gasteiger partial charge on any atom is -0.258 e. The first-order valence-corrected chi connectivity index (χ1v) is 3.41. The van der Waals surface area contributed by atoms with Crippen LogP contribution in [-0.2, 0) is 0 Å². The van der Waals surface area contributed by atoms with E-state index in [1.807, 2.05) is 0 Å². The molecule has 0 aliphatic heterocycles. The molecule has 1 aromatic carbocycles. The summed E-state index contributed by atoms with van der Waals surface area (Å²) in [7, 11) is 0. The average molecular weight is 180 g/mol. The van der Waals surface area contributed by atoms with Gasteiger partial charge in [0.15, 0.2) is 0 Å². The summed E-state index contributed by atoms with van der Waals surface area (Å²) in [5.74, 6) is -0.979. The molecule has 1 aromatic rings. The molecule has 0 bridgehead atoms. The van der Waals surface area contributed by atoms with E-state index >= 15 is 0 Å². The van der Waals surface area contributed by atoms with Crippen molar-refractivity contribution in [1.29, 1.82) is 5.26 Å². The number of halogens is 1. The van der Waals surface area contributed by atoms with E-state index in [9.17, 15) is 14.5 Å². The molecule has 0 aromatic heterocycles. The molecule has 0 saturated heterocycles. The van der Waals surface area contributed by atoms with Crippen LogP contribution in [0.4, 0.5) is 10.1 Å². The van der Waals surface area contributed by atoms with Crippen molar-refractivity contribution in [2.45, 2.75) is 6.92 Å².